The minimum Gasteiger partial charge on any atom is -0.512 e. The zero-order valence-electron chi connectivity index (χ0n) is 25.6. The van der Waals surface area contributed by atoms with Crippen LogP contribution in [0.3, 0.4) is 0 Å². The predicted octanol–water partition coefficient (Wildman–Crippen LogP) is 8.49. The van der Waals surface area contributed by atoms with Crippen molar-refractivity contribution in [1.82, 2.24) is 4.98 Å². The molecule has 0 unspecified atom stereocenters. The molecular formula is C40H27BIrNO2S2-. The van der Waals surface area contributed by atoms with E-state index in [1.807, 2.05) is 23.5 Å². The standard InChI is InChI=1S/C35H19BNS2.C5H8O2.Ir/c1-3-10-24-17-31-27(15-22(24)8-1)36-28-16-23-9-2-4-11-25(23)18-32(28)39-34-20-26(19-33(38-31)35(34)36)30-14-13-21-7-5-6-12-29(21)37-30;1-4(6)3-5(2)7;/h1-19H;3,6H,1-2H3;/q-1;;/b;4-3-;. The van der Waals surface area contributed by atoms with Gasteiger partial charge in [-0.15, -0.1) is 46.7 Å². The Bertz CT molecular complexity index is 2290. The minimum atomic E-state index is -0.125. The molecule has 47 heavy (non-hydrogen) atoms. The Morgan fingerprint density at radius 2 is 1.26 bits per heavy atom. The molecule has 0 saturated heterocycles. The predicted molar refractivity (Wildman–Crippen MR) is 194 cm³/mol. The number of ketones is 1. The van der Waals surface area contributed by atoms with Crippen molar-refractivity contribution < 1.29 is 30.0 Å². The second kappa shape index (κ2) is 12.8. The number of nitrogens with zero attached hydrogens (tertiary/aromatic N) is 1. The number of hydrogen-bond acceptors (Lipinski definition) is 5. The van der Waals surface area contributed by atoms with Gasteiger partial charge in [0.25, 0.3) is 0 Å². The van der Waals surface area contributed by atoms with Gasteiger partial charge in [0.15, 0.2) is 12.5 Å². The summed E-state index contributed by atoms with van der Waals surface area (Å²) >= 11 is 3.75. The van der Waals surface area contributed by atoms with Gasteiger partial charge in [0.1, 0.15) is 0 Å². The Morgan fingerprint density at radius 1 is 0.702 bits per heavy atom. The minimum absolute atomic E-state index is 0. The molecule has 0 fully saturated rings. The summed E-state index contributed by atoms with van der Waals surface area (Å²) in [5.41, 5.74) is 7.23. The monoisotopic (exact) mass is 821 g/mol. The SMILES string of the molecule is CC(=O)/C=C(/C)O.[Ir].[c-]1c(-c2ccc3ccccc3n2)cc2c3c1Sc1cc4ccccc4cc1B3c1cc3ccccc3cc1S2. The molecule has 229 valence electrons. The molecule has 0 atom stereocenters. The summed E-state index contributed by atoms with van der Waals surface area (Å²) in [5.74, 6) is -0.0625. The van der Waals surface area contributed by atoms with Crippen molar-refractivity contribution in [3.05, 3.63) is 133 Å². The fraction of sp³-hybridized carbons (Fsp3) is 0.0500. The smallest absolute Gasteiger partial charge is 0.195 e. The van der Waals surface area contributed by atoms with E-state index in [-0.39, 0.29) is 38.4 Å². The molecule has 0 amide bonds. The molecule has 1 aromatic heterocycles. The Hall–Kier alpha value is -4.13. The average Bonchev–Trinajstić information content (AvgIpc) is 3.05. The summed E-state index contributed by atoms with van der Waals surface area (Å²) in [5, 5.41) is 14.7. The first-order valence-corrected chi connectivity index (χ1v) is 16.8. The van der Waals surface area contributed by atoms with Crippen molar-refractivity contribution in [3.63, 3.8) is 0 Å². The van der Waals surface area contributed by atoms with Gasteiger partial charge in [0.05, 0.1) is 11.3 Å². The molecule has 2 aliphatic heterocycles. The third-order valence-corrected chi connectivity index (χ3v) is 10.6. The van der Waals surface area contributed by atoms with E-state index in [2.05, 4.69) is 121 Å². The summed E-state index contributed by atoms with van der Waals surface area (Å²) in [6.45, 7) is 3.03. The third kappa shape index (κ3) is 5.94. The van der Waals surface area contributed by atoms with Crippen molar-refractivity contribution in [2.24, 2.45) is 0 Å². The van der Waals surface area contributed by atoms with Gasteiger partial charge < -0.3 is 5.11 Å². The number of allylic oxidation sites excluding steroid dienone is 2. The van der Waals surface area contributed by atoms with E-state index >= 15 is 0 Å². The van der Waals surface area contributed by atoms with Crippen LogP contribution in [0.15, 0.2) is 147 Å². The van der Waals surface area contributed by atoms with Gasteiger partial charge in [0, 0.05) is 36.0 Å². The van der Waals surface area contributed by atoms with Gasteiger partial charge >= 0.3 is 0 Å². The normalized spacial score (nSPS) is 12.8. The van der Waals surface area contributed by atoms with E-state index < -0.39 is 0 Å². The summed E-state index contributed by atoms with van der Waals surface area (Å²) in [6, 6.07) is 45.8. The number of rotatable bonds is 2. The first-order valence-electron chi connectivity index (χ1n) is 15.2. The molecule has 3 nitrogen and oxygen atoms in total. The molecule has 0 aliphatic carbocycles. The van der Waals surface area contributed by atoms with E-state index in [0.29, 0.717) is 0 Å². The van der Waals surface area contributed by atoms with Crippen LogP contribution in [0, 0.1) is 6.07 Å². The zero-order chi connectivity index (χ0) is 31.4. The van der Waals surface area contributed by atoms with Crippen LogP contribution in [0.5, 0.6) is 0 Å². The number of benzene rings is 6. The summed E-state index contributed by atoms with van der Waals surface area (Å²) in [4.78, 5) is 20.2. The van der Waals surface area contributed by atoms with E-state index in [9.17, 15) is 4.79 Å². The van der Waals surface area contributed by atoms with Gasteiger partial charge in [0.2, 0.25) is 0 Å². The molecule has 1 radical (unpaired) electrons. The zero-order valence-corrected chi connectivity index (χ0v) is 29.6. The number of aromatic nitrogens is 1. The van der Waals surface area contributed by atoms with Crippen LogP contribution in [0.25, 0.3) is 43.7 Å². The van der Waals surface area contributed by atoms with Crippen LogP contribution in [-0.2, 0) is 24.9 Å². The Morgan fingerprint density at radius 3 is 1.83 bits per heavy atom. The van der Waals surface area contributed by atoms with Gasteiger partial charge in [-0.05, 0) is 64.7 Å². The molecule has 7 aromatic rings. The maximum Gasteiger partial charge on any atom is 0.195 e. The first kappa shape index (κ1) is 31.5. The molecule has 2 aliphatic rings. The van der Waals surface area contributed by atoms with Crippen LogP contribution in [0.1, 0.15) is 13.8 Å². The number of aliphatic hydroxyl groups excluding tert-OH is 1. The maximum atomic E-state index is 10.0. The van der Waals surface area contributed by atoms with Crippen molar-refractivity contribution in [3.8, 4) is 11.3 Å². The molecular weight excluding hydrogens is 794 g/mol. The van der Waals surface area contributed by atoms with Crippen molar-refractivity contribution >= 4 is 84.9 Å². The van der Waals surface area contributed by atoms with Crippen LogP contribution in [-0.4, -0.2) is 22.6 Å². The number of hydrogen-bond donors (Lipinski definition) is 1. The van der Waals surface area contributed by atoms with Crippen LogP contribution >= 0.6 is 23.5 Å². The largest absolute Gasteiger partial charge is 0.512 e. The van der Waals surface area contributed by atoms with Crippen molar-refractivity contribution in [2.45, 2.75) is 33.4 Å². The third-order valence-electron chi connectivity index (χ3n) is 8.42. The number of pyridine rings is 1. The quantitative estimate of drug-likeness (QED) is 0.0822. The van der Waals surface area contributed by atoms with E-state index in [1.165, 1.54) is 77.4 Å². The number of fused-ring (bicyclic) bond motifs is 7. The molecule has 1 N–H and O–H groups in total. The fourth-order valence-electron chi connectivity index (χ4n) is 6.44. The molecule has 0 bridgehead atoms. The van der Waals surface area contributed by atoms with Gasteiger partial charge in [-0.2, -0.15) is 0 Å². The van der Waals surface area contributed by atoms with E-state index in [4.69, 9.17) is 10.1 Å². The molecule has 6 aromatic carbocycles. The Kier molecular flexibility index (Phi) is 8.58. The number of aliphatic hydroxyl groups is 1. The Labute approximate surface area is 295 Å². The maximum absolute atomic E-state index is 10.0. The Balaban J connectivity index is 0.000000399. The van der Waals surface area contributed by atoms with Crippen LogP contribution in [0.4, 0.5) is 0 Å². The molecule has 3 heterocycles. The van der Waals surface area contributed by atoms with Crippen LogP contribution < -0.4 is 16.4 Å². The number of para-hydroxylation sites is 1. The van der Waals surface area contributed by atoms with Gasteiger partial charge in [-0.25, -0.2) is 0 Å². The van der Waals surface area contributed by atoms with Crippen molar-refractivity contribution in [2.75, 3.05) is 0 Å². The number of carbonyl (C=O) groups excluding carboxylic acids is 1. The molecule has 0 spiro atoms. The van der Waals surface area contributed by atoms with E-state index in [1.54, 1.807) is 0 Å². The molecule has 0 saturated carbocycles. The summed E-state index contributed by atoms with van der Waals surface area (Å²) < 4.78 is 0. The summed E-state index contributed by atoms with van der Waals surface area (Å²) in [7, 11) is 0. The second-order valence-corrected chi connectivity index (χ2v) is 13.8. The molecule has 9 rings (SSSR count). The van der Waals surface area contributed by atoms with Crippen LogP contribution in [0.2, 0.25) is 0 Å². The van der Waals surface area contributed by atoms with Gasteiger partial charge in [-0.1, -0.05) is 112 Å². The van der Waals surface area contributed by atoms with Gasteiger partial charge in [-0.3, -0.25) is 9.78 Å². The molecule has 7 heteroatoms. The fourth-order valence-corrected chi connectivity index (χ4v) is 8.93. The first-order chi connectivity index (χ1) is 22.4. The topological polar surface area (TPSA) is 50.2 Å². The average molecular weight is 821 g/mol. The number of carbonyl (C=O) groups is 1. The van der Waals surface area contributed by atoms with E-state index in [0.717, 1.165) is 22.2 Å². The summed E-state index contributed by atoms with van der Waals surface area (Å²) in [6.07, 6.45) is 1.17. The van der Waals surface area contributed by atoms with Crippen molar-refractivity contribution in [1.29, 1.82) is 0 Å². The second-order valence-electron chi connectivity index (χ2n) is 11.7.